The molecule has 0 heterocycles. The lowest BCUT2D eigenvalue weighted by Crippen LogP contribution is -2.40. The average Bonchev–Trinajstić information content (AvgIpc) is 3.25. The Labute approximate surface area is 143 Å². The number of benzene rings is 2. The van der Waals surface area contributed by atoms with Crippen molar-refractivity contribution in [2.24, 2.45) is 17.8 Å². The normalized spacial score (nSPS) is 24.1. The first-order valence-electron chi connectivity index (χ1n) is 8.67. The van der Waals surface area contributed by atoms with E-state index in [1.54, 1.807) is 4.90 Å². The standard InChI is InChI=1S/C21H22N2O/c24-21(22-15-18-14-16-11-12-17(18)13-16)23(19-7-3-1-4-8-19)20-9-5-2-6-10-20/h1-12,16-18H,13-15H2,(H,22,24). The molecular formula is C21H22N2O. The third-order valence-corrected chi connectivity index (χ3v) is 5.16. The summed E-state index contributed by atoms with van der Waals surface area (Å²) in [6.45, 7) is 0.751. The van der Waals surface area contributed by atoms with E-state index in [-0.39, 0.29) is 6.03 Å². The molecule has 122 valence electrons. The highest BCUT2D eigenvalue weighted by molar-refractivity contribution is 5.99. The average molecular weight is 318 g/mol. The van der Waals surface area contributed by atoms with Crippen molar-refractivity contribution in [1.82, 2.24) is 5.32 Å². The number of carbonyl (C=O) groups excluding carboxylic acids is 1. The fraction of sp³-hybridized carbons (Fsp3) is 0.286. The number of nitrogens with zero attached hydrogens (tertiary/aromatic N) is 1. The van der Waals surface area contributed by atoms with Crippen LogP contribution in [0.5, 0.6) is 0 Å². The van der Waals surface area contributed by atoms with E-state index in [1.807, 2.05) is 60.7 Å². The predicted molar refractivity (Wildman–Crippen MR) is 97.3 cm³/mol. The molecular weight excluding hydrogens is 296 g/mol. The highest BCUT2D eigenvalue weighted by Gasteiger charge is 2.35. The van der Waals surface area contributed by atoms with Gasteiger partial charge in [0.05, 0.1) is 11.4 Å². The first-order valence-corrected chi connectivity index (χ1v) is 8.67. The molecule has 0 aromatic heterocycles. The lowest BCUT2D eigenvalue weighted by molar-refractivity contribution is 0.245. The van der Waals surface area contributed by atoms with Crippen molar-refractivity contribution in [3.63, 3.8) is 0 Å². The molecule has 1 saturated carbocycles. The molecule has 3 nitrogen and oxygen atoms in total. The summed E-state index contributed by atoms with van der Waals surface area (Å²) in [7, 11) is 0. The maximum Gasteiger partial charge on any atom is 0.326 e. The number of urea groups is 1. The van der Waals surface area contributed by atoms with Crippen LogP contribution in [-0.4, -0.2) is 12.6 Å². The second-order valence-corrected chi connectivity index (χ2v) is 6.73. The molecule has 1 N–H and O–H groups in total. The number of amides is 2. The second kappa shape index (κ2) is 6.52. The molecule has 2 aromatic carbocycles. The van der Waals surface area contributed by atoms with Crippen molar-refractivity contribution in [1.29, 1.82) is 0 Å². The van der Waals surface area contributed by atoms with Gasteiger partial charge in [-0.2, -0.15) is 0 Å². The van der Waals surface area contributed by atoms with Crippen molar-refractivity contribution in [2.45, 2.75) is 12.8 Å². The summed E-state index contributed by atoms with van der Waals surface area (Å²) in [5.74, 6) is 1.96. The van der Waals surface area contributed by atoms with Crippen molar-refractivity contribution in [3.05, 3.63) is 72.8 Å². The minimum absolute atomic E-state index is 0.0563. The molecule has 24 heavy (non-hydrogen) atoms. The summed E-state index contributed by atoms with van der Waals surface area (Å²) < 4.78 is 0. The zero-order valence-corrected chi connectivity index (χ0v) is 13.6. The van der Waals surface area contributed by atoms with E-state index in [0.29, 0.717) is 11.8 Å². The third-order valence-electron chi connectivity index (χ3n) is 5.16. The molecule has 2 bridgehead atoms. The third kappa shape index (κ3) is 2.94. The smallest absolute Gasteiger partial charge is 0.326 e. The molecule has 1 fully saturated rings. The minimum atomic E-state index is -0.0563. The quantitative estimate of drug-likeness (QED) is 0.811. The molecule has 2 aliphatic rings. The molecule has 3 atom stereocenters. The number of rotatable bonds is 4. The van der Waals surface area contributed by atoms with Gasteiger partial charge in [0.1, 0.15) is 0 Å². The minimum Gasteiger partial charge on any atom is -0.337 e. The Morgan fingerprint density at radius 1 is 0.917 bits per heavy atom. The maximum absolute atomic E-state index is 12.9. The Hall–Kier alpha value is -2.55. The number of hydrogen-bond acceptors (Lipinski definition) is 1. The number of hydrogen-bond donors (Lipinski definition) is 1. The SMILES string of the molecule is O=C(NCC1CC2C=CC1C2)N(c1ccccc1)c1ccccc1. The number of carbonyl (C=O) groups is 1. The predicted octanol–water partition coefficient (Wildman–Crippen LogP) is 4.75. The zero-order valence-electron chi connectivity index (χ0n) is 13.6. The summed E-state index contributed by atoms with van der Waals surface area (Å²) in [5.41, 5.74) is 1.77. The Morgan fingerprint density at radius 3 is 2.04 bits per heavy atom. The molecule has 0 saturated heterocycles. The number of para-hydroxylation sites is 2. The monoisotopic (exact) mass is 318 g/mol. The van der Waals surface area contributed by atoms with Crippen LogP contribution in [0.3, 0.4) is 0 Å². The number of anilines is 2. The van der Waals surface area contributed by atoms with Crippen LogP contribution in [0.2, 0.25) is 0 Å². The van der Waals surface area contributed by atoms with E-state index >= 15 is 0 Å². The van der Waals surface area contributed by atoms with Gasteiger partial charge in [0.25, 0.3) is 0 Å². The number of fused-ring (bicyclic) bond motifs is 2. The highest BCUT2D eigenvalue weighted by Crippen LogP contribution is 2.43. The van der Waals surface area contributed by atoms with Crippen LogP contribution in [-0.2, 0) is 0 Å². The highest BCUT2D eigenvalue weighted by atomic mass is 16.2. The van der Waals surface area contributed by atoms with E-state index in [4.69, 9.17) is 0 Å². The molecule has 3 unspecified atom stereocenters. The first-order chi connectivity index (χ1) is 11.8. The Kier molecular flexibility index (Phi) is 4.08. The van der Waals surface area contributed by atoms with Crippen molar-refractivity contribution in [3.8, 4) is 0 Å². The molecule has 2 aliphatic carbocycles. The molecule has 2 aromatic rings. The molecule has 0 aliphatic heterocycles. The number of nitrogens with one attached hydrogen (secondary N) is 1. The van der Waals surface area contributed by atoms with Gasteiger partial charge in [0, 0.05) is 6.54 Å². The fourth-order valence-corrected chi connectivity index (χ4v) is 3.96. The van der Waals surface area contributed by atoms with Gasteiger partial charge in [0.2, 0.25) is 0 Å². The fourth-order valence-electron chi connectivity index (χ4n) is 3.96. The molecule has 3 heteroatoms. The van der Waals surface area contributed by atoms with Gasteiger partial charge in [-0.05, 0) is 54.9 Å². The molecule has 0 radical (unpaired) electrons. The summed E-state index contributed by atoms with van der Waals surface area (Å²) in [5, 5.41) is 3.16. The lowest BCUT2D eigenvalue weighted by atomic mass is 9.94. The molecule has 0 spiro atoms. The van der Waals surface area contributed by atoms with Gasteiger partial charge in [-0.15, -0.1) is 0 Å². The zero-order chi connectivity index (χ0) is 16.4. The topological polar surface area (TPSA) is 32.3 Å². The van der Waals surface area contributed by atoms with Crippen LogP contribution in [0.4, 0.5) is 16.2 Å². The summed E-state index contributed by atoms with van der Waals surface area (Å²) >= 11 is 0. The van der Waals surface area contributed by atoms with E-state index in [2.05, 4.69) is 17.5 Å². The van der Waals surface area contributed by atoms with E-state index in [9.17, 15) is 4.79 Å². The van der Waals surface area contributed by atoms with Crippen molar-refractivity contribution < 1.29 is 4.79 Å². The van der Waals surface area contributed by atoms with Gasteiger partial charge >= 0.3 is 6.03 Å². The Bertz CT molecular complexity index is 687. The molecule has 2 amide bonds. The molecule has 4 rings (SSSR count). The van der Waals surface area contributed by atoms with Gasteiger partial charge in [-0.25, -0.2) is 4.79 Å². The first kappa shape index (κ1) is 15.0. The van der Waals surface area contributed by atoms with E-state index in [1.165, 1.54) is 12.8 Å². The van der Waals surface area contributed by atoms with Gasteiger partial charge < -0.3 is 5.32 Å². The van der Waals surface area contributed by atoms with Crippen LogP contribution < -0.4 is 10.2 Å². The van der Waals surface area contributed by atoms with Crippen LogP contribution in [0.1, 0.15) is 12.8 Å². The lowest BCUT2D eigenvalue weighted by Gasteiger charge is -2.25. The Morgan fingerprint density at radius 2 is 1.54 bits per heavy atom. The summed E-state index contributed by atoms with van der Waals surface area (Å²) in [6, 6.07) is 19.6. The van der Waals surface area contributed by atoms with Gasteiger partial charge in [-0.1, -0.05) is 48.6 Å². The van der Waals surface area contributed by atoms with E-state index < -0.39 is 0 Å². The van der Waals surface area contributed by atoms with Crippen LogP contribution in [0, 0.1) is 17.8 Å². The van der Waals surface area contributed by atoms with Crippen LogP contribution in [0.25, 0.3) is 0 Å². The second-order valence-electron chi connectivity index (χ2n) is 6.73. The summed E-state index contributed by atoms with van der Waals surface area (Å²) in [6.07, 6.45) is 7.14. The van der Waals surface area contributed by atoms with Crippen LogP contribution in [0.15, 0.2) is 72.8 Å². The summed E-state index contributed by atoms with van der Waals surface area (Å²) in [4.78, 5) is 14.7. The van der Waals surface area contributed by atoms with Gasteiger partial charge in [0.15, 0.2) is 0 Å². The van der Waals surface area contributed by atoms with Crippen molar-refractivity contribution >= 4 is 17.4 Å². The number of allylic oxidation sites excluding steroid dienone is 2. The van der Waals surface area contributed by atoms with Gasteiger partial charge in [-0.3, -0.25) is 4.90 Å². The maximum atomic E-state index is 12.9. The van der Waals surface area contributed by atoms with Crippen molar-refractivity contribution in [2.75, 3.05) is 11.4 Å². The van der Waals surface area contributed by atoms with E-state index in [0.717, 1.165) is 23.8 Å². The van der Waals surface area contributed by atoms with Crippen LogP contribution >= 0.6 is 0 Å². The Balaban J connectivity index is 1.50. The largest absolute Gasteiger partial charge is 0.337 e.